The van der Waals surface area contributed by atoms with Crippen LogP contribution in [0.15, 0.2) is 54.6 Å². The Morgan fingerprint density at radius 1 is 0.900 bits per heavy atom. The van der Waals surface area contributed by atoms with Gasteiger partial charge >= 0.3 is 0 Å². The molecule has 7 nitrogen and oxygen atoms in total. The fourth-order valence-corrected chi connectivity index (χ4v) is 2.87. The van der Waals surface area contributed by atoms with Gasteiger partial charge in [-0.2, -0.15) is 0 Å². The average Bonchev–Trinajstić information content (AvgIpc) is 2.75. The van der Waals surface area contributed by atoms with E-state index in [1.807, 2.05) is 56.3 Å². The molecule has 1 heterocycles. The fraction of sp³-hybridized carbons (Fsp3) is 0.261. The van der Waals surface area contributed by atoms with Gasteiger partial charge in [0.05, 0.1) is 19.3 Å². The number of carbonyl (C=O) groups is 1. The molecule has 7 heteroatoms. The van der Waals surface area contributed by atoms with Crippen molar-refractivity contribution in [3.8, 4) is 28.6 Å². The van der Waals surface area contributed by atoms with E-state index < -0.39 is 0 Å². The highest BCUT2D eigenvalue weighted by molar-refractivity contribution is 5.77. The predicted molar refractivity (Wildman–Crippen MR) is 114 cm³/mol. The first-order valence-electron chi connectivity index (χ1n) is 9.62. The van der Waals surface area contributed by atoms with Gasteiger partial charge in [0.2, 0.25) is 5.88 Å². The molecule has 0 fully saturated rings. The molecule has 156 valence electrons. The van der Waals surface area contributed by atoms with Gasteiger partial charge in [0.1, 0.15) is 18.1 Å². The number of benzene rings is 2. The van der Waals surface area contributed by atoms with Crippen molar-refractivity contribution in [3.05, 3.63) is 65.7 Å². The number of amides is 1. The Bertz CT molecular complexity index is 952. The number of rotatable bonds is 9. The van der Waals surface area contributed by atoms with Crippen LogP contribution < -0.4 is 19.5 Å². The van der Waals surface area contributed by atoms with Crippen molar-refractivity contribution in [2.45, 2.75) is 13.8 Å². The molecule has 0 radical (unpaired) electrons. The third-order valence-electron chi connectivity index (χ3n) is 4.27. The van der Waals surface area contributed by atoms with Crippen LogP contribution in [0.25, 0.3) is 11.3 Å². The van der Waals surface area contributed by atoms with Gasteiger partial charge in [0.15, 0.2) is 6.61 Å². The number of aryl methyl sites for hydroxylation is 2. The molecule has 0 saturated carbocycles. The summed E-state index contributed by atoms with van der Waals surface area (Å²) in [5.41, 5.74) is 3.86. The Labute approximate surface area is 176 Å². The van der Waals surface area contributed by atoms with E-state index in [2.05, 4.69) is 21.6 Å². The third kappa shape index (κ3) is 6.20. The molecule has 1 N–H and O–H groups in total. The highest BCUT2D eigenvalue weighted by atomic mass is 16.5. The fourth-order valence-electron chi connectivity index (χ4n) is 2.87. The highest BCUT2D eigenvalue weighted by Gasteiger charge is 2.05. The monoisotopic (exact) mass is 407 g/mol. The molecule has 2 aromatic carbocycles. The smallest absolute Gasteiger partial charge is 0.258 e. The highest BCUT2D eigenvalue weighted by Crippen LogP contribution is 2.21. The number of hydrogen-bond acceptors (Lipinski definition) is 6. The van der Waals surface area contributed by atoms with Gasteiger partial charge in [0.25, 0.3) is 5.91 Å². The van der Waals surface area contributed by atoms with Crippen molar-refractivity contribution in [3.63, 3.8) is 0 Å². The van der Waals surface area contributed by atoms with E-state index in [0.29, 0.717) is 18.2 Å². The van der Waals surface area contributed by atoms with Gasteiger partial charge in [-0.1, -0.05) is 6.07 Å². The Kier molecular flexibility index (Phi) is 7.21. The van der Waals surface area contributed by atoms with Crippen LogP contribution in [0.1, 0.15) is 11.1 Å². The molecular weight excluding hydrogens is 382 g/mol. The largest absolute Gasteiger partial charge is 0.497 e. The second-order valence-corrected chi connectivity index (χ2v) is 6.80. The summed E-state index contributed by atoms with van der Waals surface area (Å²) >= 11 is 0. The van der Waals surface area contributed by atoms with Crippen molar-refractivity contribution in [2.24, 2.45) is 0 Å². The summed E-state index contributed by atoms with van der Waals surface area (Å²) < 4.78 is 16.2. The number of nitrogens with zero attached hydrogens (tertiary/aromatic N) is 2. The van der Waals surface area contributed by atoms with E-state index in [0.717, 1.165) is 28.1 Å². The maximum atomic E-state index is 11.9. The van der Waals surface area contributed by atoms with Crippen LogP contribution >= 0.6 is 0 Å². The lowest BCUT2D eigenvalue weighted by Gasteiger charge is -2.09. The molecule has 0 atom stereocenters. The number of methoxy groups -OCH3 is 1. The van der Waals surface area contributed by atoms with Crippen molar-refractivity contribution in [1.29, 1.82) is 0 Å². The number of ether oxygens (including phenoxy) is 3. The van der Waals surface area contributed by atoms with Crippen molar-refractivity contribution >= 4 is 5.91 Å². The maximum absolute atomic E-state index is 11.9. The van der Waals surface area contributed by atoms with Crippen LogP contribution in [0.5, 0.6) is 17.4 Å². The molecule has 0 bridgehead atoms. The Morgan fingerprint density at radius 2 is 1.63 bits per heavy atom. The summed E-state index contributed by atoms with van der Waals surface area (Å²) in [7, 11) is 1.63. The molecule has 30 heavy (non-hydrogen) atoms. The number of aromatic nitrogens is 2. The van der Waals surface area contributed by atoms with E-state index in [4.69, 9.17) is 14.2 Å². The number of nitrogens with one attached hydrogen (secondary N) is 1. The molecule has 3 aromatic rings. The summed E-state index contributed by atoms with van der Waals surface area (Å²) in [6, 6.07) is 17.0. The van der Waals surface area contributed by atoms with Crippen molar-refractivity contribution in [2.75, 3.05) is 26.9 Å². The van der Waals surface area contributed by atoms with E-state index in [9.17, 15) is 4.79 Å². The molecule has 0 aliphatic rings. The minimum atomic E-state index is -0.210. The number of carbonyl (C=O) groups excluding carboxylic acids is 1. The minimum absolute atomic E-state index is 0.0424. The van der Waals surface area contributed by atoms with E-state index in [1.54, 1.807) is 13.2 Å². The molecule has 0 aliphatic carbocycles. The quantitative estimate of drug-likeness (QED) is 0.548. The number of hydrogen-bond donors (Lipinski definition) is 1. The first-order chi connectivity index (χ1) is 14.5. The molecule has 1 amide bonds. The Morgan fingerprint density at radius 3 is 2.27 bits per heavy atom. The lowest BCUT2D eigenvalue weighted by molar-refractivity contribution is -0.123. The van der Waals surface area contributed by atoms with Crippen molar-refractivity contribution < 1.29 is 19.0 Å². The zero-order chi connectivity index (χ0) is 21.3. The molecule has 0 saturated heterocycles. The molecule has 0 spiro atoms. The third-order valence-corrected chi connectivity index (χ3v) is 4.27. The molecular formula is C23H25N3O4. The lowest BCUT2D eigenvalue weighted by Crippen LogP contribution is -2.32. The normalized spacial score (nSPS) is 10.4. The van der Waals surface area contributed by atoms with Crippen LogP contribution in [0.3, 0.4) is 0 Å². The molecule has 1 aromatic heterocycles. The molecule has 3 rings (SSSR count). The van der Waals surface area contributed by atoms with Gasteiger partial charge in [-0.3, -0.25) is 4.79 Å². The zero-order valence-electron chi connectivity index (χ0n) is 17.3. The van der Waals surface area contributed by atoms with Crippen LogP contribution in [-0.4, -0.2) is 43.0 Å². The van der Waals surface area contributed by atoms with Gasteiger partial charge in [-0.15, -0.1) is 10.2 Å². The average molecular weight is 407 g/mol. The second kappa shape index (κ2) is 10.2. The summed E-state index contributed by atoms with van der Waals surface area (Å²) in [6.07, 6.45) is 0. The van der Waals surface area contributed by atoms with Crippen LogP contribution in [0.4, 0.5) is 0 Å². The summed E-state index contributed by atoms with van der Waals surface area (Å²) in [6.45, 7) is 4.56. The molecule has 0 unspecified atom stereocenters. The Balaban J connectivity index is 1.39. The van der Waals surface area contributed by atoms with E-state index in [1.165, 1.54) is 0 Å². The van der Waals surface area contributed by atoms with Crippen LogP contribution in [0.2, 0.25) is 0 Å². The van der Waals surface area contributed by atoms with Gasteiger partial charge in [-0.25, -0.2) is 0 Å². The zero-order valence-corrected chi connectivity index (χ0v) is 17.3. The first kappa shape index (κ1) is 21.1. The summed E-state index contributed by atoms with van der Waals surface area (Å²) in [5, 5.41) is 11.0. The van der Waals surface area contributed by atoms with Crippen LogP contribution in [0, 0.1) is 13.8 Å². The maximum Gasteiger partial charge on any atom is 0.258 e. The standard InChI is InChI=1S/C23H25N3O4/c1-16-12-17(2)14-20(13-16)30-15-22(27)24-10-11-29-23-9-8-21(25-26-23)18-4-6-19(28-3)7-5-18/h4-9,12-14H,10-11,15H2,1-3H3,(H,24,27). The Hall–Kier alpha value is -3.61. The summed E-state index contributed by atoms with van der Waals surface area (Å²) in [5.74, 6) is 1.66. The summed E-state index contributed by atoms with van der Waals surface area (Å²) in [4.78, 5) is 11.9. The van der Waals surface area contributed by atoms with E-state index >= 15 is 0 Å². The van der Waals surface area contributed by atoms with Gasteiger partial charge < -0.3 is 19.5 Å². The molecule has 0 aliphatic heterocycles. The second-order valence-electron chi connectivity index (χ2n) is 6.80. The SMILES string of the molecule is COc1ccc(-c2ccc(OCCNC(=O)COc3cc(C)cc(C)c3)nn2)cc1. The van der Waals surface area contributed by atoms with Gasteiger partial charge in [0, 0.05) is 11.6 Å². The lowest BCUT2D eigenvalue weighted by atomic mass is 10.1. The van der Waals surface area contributed by atoms with Crippen LogP contribution in [-0.2, 0) is 4.79 Å². The first-order valence-corrected chi connectivity index (χ1v) is 9.62. The minimum Gasteiger partial charge on any atom is -0.497 e. The topological polar surface area (TPSA) is 82.6 Å². The van der Waals surface area contributed by atoms with E-state index in [-0.39, 0.29) is 19.1 Å². The van der Waals surface area contributed by atoms with Crippen molar-refractivity contribution in [1.82, 2.24) is 15.5 Å². The predicted octanol–water partition coefficient (Wildman–Crippen LogP) is 3.34. The van der Waals surface area contributed by atoms with Gasteiger partial charge in [-0.05, 0) is 67.4 Å².